The molecule has 4 heteroatoms. The number of amides is 1. The van der Waals surface area contributed by atoms with Gasteiger partial charge in [0.1, 0.15) is 0 Å². The zero-order valence-electron chi connectivity index (χ0n) is 13.0. The molecule has 1 atom stereocenters. The van der Waals surface area contributed by atoms with Crippen molar-refractivity contribution in [2.45, 2.75) is 38.6 Å². The van der Waals surface area contributed by atoms with Gasteiger partial charge < -0.3 is 11.1 Å². The number of benzene rings is 1. The molecule has 21 heavy (non-hydrogen) atoms. The van der Waals surface area contributed by atoms with Gasteiger partial charge in [-0.1, -0.05) is 29.8 Å². The van der Waals surface area contributed by atoms with Crippen LogP contribution in [0.25, 0.3) is 0 Å². The molecule has 1 amide bonds. The maximum absolute atomic E-state index is 11.8. The van der Waals surface area contributed by atoms with Crippen LogP contribution in [0.3, 0.4) is 0 Å². The number of carbonyl (C=O) groups excluding carboxylic acids is 1. The van der Waals surface area contributed by atoms with Crippen molar-refractivity contribution >= 4 is 5.91 Å². The SMILES string of the molecule is Cc1ccc(C(CNC(=O)CCCN)N2CCCC2)cc1. The first-order valence-electron chi connectivity index (χ1n) is 7.98. The lowest BCUT2D eigenvalue weighted by Gasteiger charge is -2.28. The summed E-state index contributed by atoms with van der Waals surface area (Å²) in [7, 11) is 0. The van der Waals surface area contributed by atoms with Crippen molar-refractivity contribution in [2.75, 3.05) is 26.2 Å². The quantitative estimate of drug-likeness (QED) is 0.807. The van der Waals surface area contributed by atoms with Crippen LogP contribution in [0.2, 0.25) is 0 Å². The van der Waals surface area contributed by atoms with Gasteiger partial charge in [-0.05, 0) is 51.4 Å². The fourth-order valence-corrected chi connectivity index (χ4v) is 2.86. The minimum Gasteiger partial charge on any atom is -0.354 e. The van der Waals surface area contributed by atoms with E-state index in [0.29, 0.717) is 19.5 Å². The molecule has 0 radical (unpaired) electrons. The summed E-state index contributed by atoms with van der Waals surface area (Å²) in [5, 5.41) is 3.07. The molecule has 1 aromatic rings. The molecule has 2 rings (SSSR count). The van der Waals surface area contributed by atoms with Crippen molar-refractivity contribution < 1.29 is 4.79 Å². The first-order chi connectivity index (χ1) is 10.2. The van der Waals surface area contributed by atoms with Crippen LogP contribution in [0.1, 0.15) is 42.9 Å². The molecule has 0 saturated carbocycles. The summed E-state index contributed by atoms with van der Waals surface area (Å²) in [6.07, 6.45) is 3.79. The lowest BCUT2D eigenvalue weighted by molar-refractivity contribution is -0.121. The van der Waals surface area contributed by atoms with Gasteiger partial charge in [0.15, 0.2) is 0 Å². The van der Waals surface area contributed by atoms with Crippen LogP contribution in [0.15, 0.2) is 24.3 Å². The average molecular weight is 289 g/mol. The number of nitrogens with zero attached hydrogens (tertiary/aromatic N) is 1. The summed E-state index contributed by atoms with van der Waals surface area (Å²) in [4.78, 5) is 14.3. The van der Waals surface area contributed by atoms with Crippen molar-refractivity contribution in [1.82, 2.24) is 10.2 Å². The van der Waals surface area contributed by atoms with Gasteiger partial charge in [-0.2, -0.15) is 0 Å². The predicted molar refractivity (Wildman–Crippen MR) is 86.0 cm³/mol. The number of likely N-dealkylation sites (tertiary alicyclic amines) is 1. The summed E-state index contributed by atoms with van der Waals surface area (Å²) in [6, 6.07) is 8.95. The molecule has 1 unspecified atom stereocenters. The molecule has 1 fully saturated rings. The molecule has 1 aliphatic heterocycles. The highest BCUT2D eigenvalue weighted by Gasteiger charge is 2.23. The molecule has 1 aliphatic rings. The third-order valence-corrected chi connectivity index (χ3v) is 4.14. The van der Waals surface area contributed by atoms with Gasteiger partial charge in [-0.15, -0.1) is 0 Å². The monoisotopic (exact) mass is 289 g/mol. The van der Waals surface area contributed by atoms with Crippen LogP contribution in [0.4, 0.5) is 0 Å². The molecular formula is C17H27N3O. The van der Waals surface area contributed by atoms with Crippen molar-refractivity contribution in [1.29, 1.82) is 0 Å². The second-order valence-corrected chi connectivity index (χ2v) is 5.87. The van der Waals surface area contributed by atoms with Gasteiger partial charge in [0, 0.05) is 13.0 Å². The Hall–Kier alpha value is -1.39. The molecule has 1 saturated heterocycles. The first-order valence-corrected chi connectivity index (χ1v) is 7.98. The van der Waals surface area contributed by atoms with E-state index in [-0.39, 0.29) is 11.9 Å². The van der Waals surface area contributed by atoms with Crippen LogP contribution < -0.4 is 11.1 Å². The highest BCUT2D eigenvalue weighted by molar-refractivity contribution is 5.75. The van der Waals surface area contributed by atoms with E-state index in [2.05, 4.69) is 41.4 Å². The van der Waals surface area contributed by atoms with E-state index in [1.54, 1.807) is 0 Å². The molecule has 116 valence electrons. The largest absolute Gasteiger partial charge is 0.354 e. The smallest absolute Gasteiger partial charge is 0.220 e. The number of aryl methyl sites for hydroxylation is 1. The van der Waals surface area contributed by atoms with E-state index in [0.717, 1.165) is 19.5 Å². The van der Waals surface area contributed by atoms with Crippen LogP contribution in [0, 0.1) is 6.92 Å². The summed E-state index contributed by atoms with van der Waals surface area (Å²) in [5.41, 5.74) is 8.01. The number of hydrogen-bond donors (Lipinski definition) is 2. The van der Waals surface area contributed by atoms with E-state index in [1.807, 2.05) is 0 Å². The molecule has 0 bridgehead atoms. The Morgan fingerprint density at radius 3 is 2.57 bits per heavy atom. The lowest BCUT2D eigenvalue weighted by atomic mass is 10.0. The van der Waals surface area contributed by atoms with Crippen molar-refractivity contribution in [3.63, 3.8) is 0 Å². The van der Waals surface area contributed by atoms with Crippen LogP contribution in [-0.2, 0) is 4.79 Å². The highest BCUT2D eigenvalue weighted by Crippen LogP contribution is 2.24. The Morgan fingerprint density at radius 1 is 1.29 bits per heavy atom. The Kier molecular flexibility index (Phi) is 6.21. The van der Waals surface area contributed by atoms with Gasteiger partial charge in [-0.25, -0.2) is 0 Å². The minimum absolute atomic E-state index is 0.108. The van der Waals surface area contributed by atoms with Crippen LogP contribution in [0.5, 0.6) is 0 Å². The summed E-state index contributed by atoms with van der Waals surface area (Å²) < 4.78 is 0. The van der Waals surface area contributed by atoms with Crippen LogP contribution in [-0.4, -0.2) is 37.0 Å². The molecular weight excluding hydrogens is 262 g/mol. The molecule has 4 nitrogen and oxygen atoms in total. The second-order valence-electron chi connectivity index (χ2n) is 5.87. The summed E-state index contributed by atoms with van der Waals surface area (Å²) in [5.74, 6) is 0.108. The molecule has 1 aromatic carbocycles. The third-order valence-electron chi connectivity index (χ3n) is 4.14. The standard InChI is InChI=1S/C17H27N3O/c1-14-6-8-15(9-7-14)16(20-11-2-3-12-20)13-19-17(21)5-4-10-18/h6-9,16H,2-5,10-13,18H2,1H3,(H,19,21). The van der Waals surface area contributed by atoms with Gasteiger partial charge in [0.25, 0.3) is 0 Å². The fourth-order valence-electron chi connectivity index (χ4n) is 2.86. The van der Waals surface area contributed by atoms with Crippen molar-refractivity contribution in [3.05, 3.63) is 35.4 Å². The minimum atomic E-state index is 0.108. The Labute approximate surface area is 127 Å². The van der Waals surface area contributed by atoms with Gasteiger partial charge in [-0.3, -0.25) is 9.69 Å². The Balaban J connectivity index is 1.98. The van der Waals surface area contributed by atoms with E-state index in [4.69, 9.17) is 5.73 Å². The molecule has 1 heterocycles. The highest BCUT2D eigenvalue weighted by atomic mass is 16.1. The van der Waals surface area contributed by atoms with E-state index in [9.17, 15) is 4.79 Å². The Morgan fingerprint density at radius 2 is 1.95 bits per heavy atom. The molecule has 0 spiro atoms. The first kappa shape index (κ1) is 16.0. The summed E-state index contributed by atoms with van der Waals surface area (Å²) in [6.45, 7) is 5.60. The van der Waals surface area contributed by atoms with Crippen LogP contribution >= 0.6 is 0 Å². The number of nitrogens with two attached hydrogens (primary N) is 1. The van der Waals surface area contributed by atoms with Gasteiger partial charge in [0.2, 0.25) is 5.91 Å². The maximum Gasteiger partial charge on any atom is 0.220 e. The van der Waals surface area contributed by atoms with Gasteiger partial charge >= 0.3 is 0 Å². The van der Waals surface area contributed by atoms with E-state index >= 15 is 0 Å². The maximum atomic E-state index is 11.8. The fraction of sp³-hybridized carbons (Fsp3) is 0.588. The van der Waals surface area contributed by atoms with Crippen molar-refractivity contribution in [3.8, 4) is 0 Å². The number of rotatable bonds is 7. The number of nitrogens with one attached hydrogen (secondary N) is 1. The predicted octanol–water partition coefficient (Wildman–Crippen LogP) is 1.99. The zero-order valence-corrected chi connectivity index (χ0v) is 13.0. The zero-order chi connectivity index (χ0) is 15.1. The van der Waals surface area contributed by atoms with E-state index < -0.39 is 0 Å². The summed E-state index contributed by atoms with van der Waals surface area (Å²) >= 11 is 0. The van der Waals surface area contributed by atoms with Crippen molar-refractivity contribution in [2.24, 2.45) is 5.73 Å². The van der Waals surface area contributed by atoms with E-state index in [1.165, 1.54) is 24.0 Å². The average Bonchev–Trinajstić information content (AvgIpc) is 3.01. The molecule has 0 aromatic heterocycles. The lowest BCUT2D eigenvalue weighted by Crippen LogP contribution is -2.36. The third kappa shape index (κ3) is 4.83. The topological polar surface area (TPSA) is 58.4 Å². The normalized spacial score (nSPS) is 16.9. The molecule has 3 N–H and O–H groups in total. The van der Waals surface area contributed by atoms with Gasteiger partial charge in [0.05, 0.1) is 6.04 Å². The Bertz CT molecular complexity index is 438. The second kappa shape index (κ2) is 8.15. The molecule has 0 aliphatic carbocycles. The number of carbonyl (C=O) groups is 1. The number of hydrogen-bond acceptors (Lipinski definition) is 3.